The SMILES string of the molecule is CCOC(=O)CC(C)Nc1cc(OC)ccc1Cl. The van der Waals surface area contributed by atoms with Crippen molar-refractivity contribution in [1.82, 2.24) is 0 Å². The first-order chi connectivity index (χ1) is 8.56. The van der Waals surface area contributed by atoms with Crippen LogP contribution in [0.4, 0.5) is 5.69 Å². The molecule has 0 amide bonds. The molecular weight excluding hydrogens is 254 g/mol. The fourth-order valence-corrected chi connectivity index (χ4v) is 1.70. The van der Waals surface area contributed by atoms with Gasteiger partial charge in [-0.1, -0.05) is 11.6 Å². The van der Waals surface area contributed by atoms with Crippen molar-refractivity contribution < 1.29 is 14.3 Å². The second-order valence-corrected chi connectivity index (χ2v) is 4.31. The maximum atomic E-state index is 11.3. The van der Waals surface area contributed by atoms with Gasteiger partial charge in [-0.25, -0.2) is 0 Å². The summed E-state index contributed by atoms with van der Waals surface area (Å²) in [5, 5.41) is 3.75. The largest absolute Gasteiger partial charge is 0.497 e. The van der Waals surface area contributed by atoms with E-state index in [2.05, 4.69) is 5.32 Å². The van der Waals surface area contributed by atoms with Crippen LogP contribution in [0.1, 0.15) is 20.3 Å². The molecule has 0 aromatic heterocycles. The number of halogens is 1. The first kappa shape index (κ1) is 14.6. The number of hydrogen-bond acceptors (Lipinski definition) is 4. The second kappa shape index (κ2) is 7.11. The summed E-state index contributed by atoms with van der Waals surface area (Å²) in [5.41, 5.74) is 0.743. The van der Waals surface area contributed by atoms with Crippen LogP contribution < -0.4 is 10.1 Å². The minimum absolute atomic E-state index is 0.0614. The van der Waals surface area contributed by atoms with Crippen molar-refractivity contribution >= 4 is 23.3 Å². The lowest BCUT2D eigenvalue weighted by atomic mass is 10.2. The van der Waals surface area contributed by atoms with E-state index in [1.807, 2.05) is 6.92 Å². The number of nitrogens with one attached hydrogen (secondary N) is 1. The molecule has 18 heavy (non-hydrogen) atoms. The molecule has 4 nitrogen and oxygen atoms in total. The average molecular weight is 272 g/mol. The fourth-order valence-electron chi connectivity index (χ4n) is 1.53. The van der Waals surface area contributed by atoms with Gasteiger partial charge < -0.3 is 14.8 Å². The summed E-state index contributed by atoms with van der Waals surface area (Å²) in [6.07, 6.45) is 0.293. The monoisotopic (exact) mass is 271 g/mol. The molecule has 0 saturated heterocycles. The van der Waals surface area contributed by atoms with Gasteiger partial charge in [0.25, 0.3) is 0 Å². The van der Waals surface area contributed by atoms with Crippen LogP contribution >= 0.6 is 11.6 Å². The Morgan fingerprint density at radius 2 is 2.22 bits per heavy atom. The van der Waals surface area contributed by atoms with E-state index < -0.39 is 0 Å². The standard InChI is InChI=1S/C13H18ClNO3/c1-4-18-13(16)7-9(2)15-12-8-10(17-3)5-6-11(12)14/h5-6,8-9,15H,4,7H2,1-3H3. The highest BCUT2D eigenvalue weighted by Gasteiger charge is 2.11. The number of rotatable bonds is 6. The van der Waals surface area contributed by atoms with E-state index in [1.54, 1.807) is 32.2 Å². The molecule has 5 heteroatoms. The number of benzene rings is 1. The Kier molecular flexibility index (Phi) is 5.78. The first-order valence-electron chi connectivity index (χ1n) is 5.82. The number of esters is 1. The van der Waals surface area contributed by atoms with Gasteiger partial charge in [0.2, 0.25) is 0 Å². The van der Waals surface area contributed by atoms with E-state index in [0.29, 0.717) is 23.8 Å². The Labute approximate surface area is 112 Å². The second-order valence-electron chi connectivity index (χ2n) is 3.90. The van der Waals surface area contributed by atoms with Crippen molar-refractivity contribution in [3.05, 3.63) is 23.2 Å². The Morgan fingerprint density at radius 3 is 2.83 bits per heavy atom. The molecule has 0 bridgehead atoms. The van der Waals surface area contributed by atoms with Crippen molar-refractivity contribution in [2.45, 2.75) is 26.3 Å². The van der Waals surface area contributed by atoms with Crippen molar-refractivity contribution in [2.75, 3.05) is 19.0 Å². The van der Waals surface area contributed by atoms with Gasteiger partial charge in [0.1, 0.15) is 5.75 Å². The van der Waals surface area contributed by atoms with Crippen LogP contribution in [0.25, 0.3) is 0 Å². The van der Waals surface area contributed by atoms with Gasteiger partial charge in [0, 0.05) is 12.1 Å². The summed E-state index contributed by atoms with van der Waals surface area (Å²) in [6, 6.07) is 5.27. The van der Waals surface area contributed by atoms with Crippen LogP contribution in [-0.4, -0.2) is 25.7 Å². The highest BCUT2D eigenvalue weighted by molar-refractivity contribution is 6.33. The quantitative estimate of drug-likeness (QED) is 0.808. The molecule has 100 valence electrons. The number of carbonyl (C=O) groups is 1. The van der Waals surface area contributed by atoms with Crippen molar-refractivity contribution in [3.8, 4) is 5.75 Å². The Hall–Kier alpha value is -1.42. The van der Waals surface area contributed by atoms with E-state index in [4.69, 9.17) is 21.1 Å². The zero-order valence-electron chi connectivity index (χ0n) is 10.8. The van der Waals surface area contributed by atoms with Crippen LogP contribution in [0, 0.1) is 0 Å². The smallest absolute Gasteiger partial charge is 0.307 e. The van der Waals surface area contributed by atoms with Crippen molar-refractivity contribution in [1.29, 1.82) is 0 Å². The Bertz CT molecular complexity index is 409. The Morgan fingerprint density at radius 1 is 1.50 bits per heavy atom. The summed E-state index contributed by atoms with van der Waals surface area (Å²) >= 11 is 6.06. The van der Waals surface area contributed by atoms with Crippen LogP contribution in [0.15, 0.2) is 18.2 Å². The maximum Gasteiger partial charge on any atom is 0.307 e. The average Bonchev–Trinajstić information content (AvgIpc) is 2.32. The third kappa shape index (κ3) is 4.45. The van der Waals surface area contributed by atoms with Gasteiger partial charge >= 0.3 is 5.97 Å². The summed E-state index contributed by atoms with van der Waals surface area (Å²) in [4.78, 5) is 11.3. The van der Waals surface area contributed by atoms with Crippen molar-refractivity contribution in [3.63, 3.8) is 0 Å². The fraction of sp³-hybridized carbons (Fsp3) is 0.462. The first-order valence-corrected chi connectivity index (χ1v) is 6.20. The van der Waals surface area contributed by atoms with Gasteiger partial charge in [-0.15, -0.1) is 0 Å². The highest BCUT2D eigenvalue weighted by Crippen LogP contribution is 2.27. The summed E-state index contributed by atoms with van der Waals surface area (Å²) in [7, 11) is 1.59. The molecular formula is C13H18ClNO3. The normalized spacial score (nSPS) is 11.8. The van der Waals surface area contributed by atoms with E-state index in [0.717, 1.165) is 5.69 Å². The van der Waals surface area contributed by atoms with Crippen LogP contribution in [-0.2, 0) is 9.53 Å². The van der Waals surface area contributed by atoms with Gasteiger partial charge in [-0.2, -0.15) is 0 Å². The lowest BCUT2D eigenvalue weighted by Gasteiger charge is -2.16. The van der Waals surface area contributed by atoms with Crippen LogP contribution in [0.3, 0.4) is 0 Å². The van der Waals surface area contributed by atoms with E-state index in [-0.39, 0.29) is 12.0 Å². The molecule has 1 rings (SSSR count). The molecule has 0 aliphatic heterocycles. The molecule has 0 fully saturated rings. The minimum Gasteiger partial charge on any atom is -0.497 e. The van der Waals surface area contributed by atoms with Gasteiger partial charge in [-0.3, -0.25) is 4.79 Å². The predicted molar refractivity (Wildman–Crippen MR) is 72.3 cm³/mol. The molecule has 0 saturated carbocycles. The molecule has 0 heterocycles. The molecule has 0 spiro atoms. The molecule has 1 aromatic rings. The lowest BCUT2D eigenvalue weighted by molar-refractivity contribution is -0.143. The third-order valence-corrected chi connectivity index (χ3v) is 2.68. The molecule has 1 aromatic carbocycles. The molecule has 1 unspecified atom stereocenters. The third-order valence-electron chi connectivity index (χ3n) is 2.35. The molecule has 0 aliphatic carbocycles. The Balaban J connectivity index is 2.63. The lowest BCUT2D eigenvalue weighted by Crippen LogP contribution is -2.21. The van der Waals surface area contributed by atoms with Gasteiger partial charge in [0.15, 0.2) is 0 Å². The molecule has 1 atom stereocenters. The maximum absolute atomic E-state index is 11.3. The zero-order valence-corrected chi connectivity index (χ0v) is 11.6. The number of ether oxygens (including phenoxy) is 2. The topological polar surface area (TPSA) is 47.6 Å². The van der Waals surface area contributed by atoms with E-state index in [9.17, 15) is 4.79 Å². The number of hydrogen-bond donors (Lipinski definition) is 1. The molecule has 0 aliphatic rings. The highest BCUT2D eigenvalue weighted by atomic mass is 35.5. The number of anilines is 1. The molecule has 0 radical (unpaired) electrons. The number of methoxy groups -OCH3 is 1. The minimum atomic E-state index is -0.225. The number of carbonyl (C=O) groups excluding carboxylic acids is 1. The van der Waals surface area contributed by atoms with Gasteiger partial charge in [-0.05, 0) is 26.0 Å². The summed E-state index contributed by atoms with van der Waals surface area (Å²) in [5.74, 6) is 0.488. The van der Waals surface area contributed by atoms with Crippen LogP contribution in [0.2, 0.25) is 5.02 Å². The predicted octanol–water partition coefficient (Wildman–Crippen LogP) is 3.10. The zero-order chi connectivity index (χ0) is 13.5. The van der Waals surface area contributed by atoms with Gasteiger partial charge in [0.05, 0.1) is 30.8 Å². The van der Waals surface area contributed by atoms with Crippen molar-refractivity contribution in [2.24, 2.45) is 0 Å². The van der Waals surface area contributed by atoms with Crippen LogP contribution in [0.5, 0.6) is 5.75 Å². The summed E-state index contributed by atoms with van der Waals surface area (Å²) < 4.78 is 10.0. The van der Waals surface area contributed by atoms with E-state index >= 15 is 0 Å². The summed E-state index contributed by atoms with van der Waals surface area (Å²) in [6.45, 7) is 4.08. The molecule has 1 N–H and O–H groups in total. The van der Waals surface area contributed by atoms with E-state index in [1.165, 1.54) is 0 Å².